The number of amides is 1. The molecular formula is C37H39N5O3. The number of nitrogens with one attached hydrogen (secondary N) is 1. The number of carbonyl (C=O) groups excluding carboxylic acids is 1. The lowest BCUT2D eigenvalue weighted by Gasteiger charge is -2.39. The van der Waals surface area contributed by atoms with Crippen LogP contribution in [0, 0.1) is 6.92 Å². The van der Waals surface area contributed by atoms with E-state index in [9.17, 15) is 4.79 Å². The van der Waals surface area contributed by atoms with Crippen LogP contribution in [0.4, 0.5) is 5.69 Å². The number of likely N-dealkylation sites (tertiary alicyclic amines) is 1. The Morgan fingerprint density at radius 1 is 0.911 bits per heavy atom. The molecule has 3 aliphatic rings. The van der Waals surface area contributed by atoms with Gasteiger partial charge in [-0.15, -0.1) is 0 Å². The topological polar surface area (TPSA) is 79.3 Å². The molecule has 1 aromatic heterocycles. The van der Waals surface area contributed by atoms with Crippen LogP contribution in [0.5, 0.6) is 11.6 Å². The van der Waals surface area contributed by atoms with Gasteiger partial charge in [-0.25, -0.2) is 4.98 Å². The molecule has 1 atom stereocenters. The maximum absolute atomic E-state index is 12.3. The van der Waals surface area contributed by atoms with Gasteiger partial charge in [0.2, 0.25) is 5.88 Å². The Morgan fingerprint density at radius 3 is 2.31 bits per heavy atom. The molecule has 3 heterocycles. The maximum atomic E-state index is 12.3. The molecule has 0 unspecified atom stereocenters. The summed E-state index contributed by atoms with van der Waals surface area (Å²) < 4.78 is 12.3. The first-order valence-corrected chi connectivity index (χ1v) is 16.0. The van der Waals surface area contributed by atoms with Crippen LogP contribution >= 0.6 is 0 Å². The van der Waals surface area contributed by atoms with E-state index in [0.29, 0.717) is 35.9 Å². The minimum absolute atomic E-state index is 0.0306. The van der Waals surface area contributed by atoms with Gasteiger partial charge in [0, 0.05) is 49.0 Å². The zero-order chi connectivity index (χ0) is 30.6. The number of piperidine rings is 1. The second-order valence-corrected chi connectivity index (χ2v) is 12.2. The molecule has 7 rings (SSSR count). The summed E-state index contributed by atoms with van der Waals surface area (Å²) in [4.78, 5) is 26.9. The molecule has 0 bridgehead atoms. The molecule has 3 fully saturated rings. The highest BCUT2D eigenvalue weighted by Crippen LogP contribution is 2.35. The number of amidine groups is 1. The van der Waals surface area contributed by atoms with Gasteiger partial charge in [0.05, 0.1) is 11.7 Å². The molecule has 2 aliphatic heterocycles. The maximum Gasteiger partial charge on any atom is 0.293 e. The zero-order valence-electron chi connectivity index (χ0n) is 25.6. The van der Waals surface area contributed by atoms with Gasteiger partial charge < -0.3 is 19.7 Å². The lowest BCUT2D eigenvalue weighted by Crippen LogP contribution is -2.46. The van der Waals surface area contributed by atoms with Gasteiger partial charge in [-0.1, -0.05) is 54.6 Å². The first-order valence-electron chi connectivity index (χ1n) is 16.0. The average Bonchev–Trinajstić information content (AvgIpc) is 3.80. The molecule has 8 heteroatoms. The van der Waals surface area contributed by atoms with Crippen LogP contribution in [-0.2, 0) is 11.3 Å². The minimum atomic E-state index is -0.0306. The Hall–Kier alpha value is -4.69. The number of benzene rings is 3. The molecular weight excluding hydrogens is 562 g/mol. The highest BCUT2D eigenvalue weighted by Gasteiger charge is 2.39. The number of ether oxygens (including phenoxy) is 2. The van der Waals surface area contributed by atoms with Crippen molar-refractivity contribution >= 4 is 17.6 Å². The van der Waals surface area contributed by atoms with Gasteiger partial charge in [-0.2, -0.15) is 4.99 Å². The zero-order valence-corrected chi connectivity index (χ0v) is 25.6. The third-order valence-corrected chi connectivity index (χ3v) is 8.86. The number of nitrogens with zero attached hydrogens (tertiary/aromatic N) is 4. The lowest BCUT2D eigenvalue weighted by molar-refractivity contribution is 0.0951. The monoisotopic (exact) mass is 601 g/mol. The summed E-state index contributed by atoms with van der Waals surface area (Å²) in [7, 11) is 0. The van der Waals surface area contributed by atoms with E-state index in [1.807, 2.05) is 55.5 Å². The Morgan fingerprint density at radius 2 is 1.62 bits per heavy atom. The first-order chi connectivity index (χ1) is 22.1. The molecule has 4 aromatic rings. The standard InChI is InChI=1S/C37H39N5O3/c1-26-29(14-19-35(38-26)45-33-17-12-28(13-18-33)36(43)39-31-15-16-31)24-41-22-20-32(21-23-41)42-34(27-8-4-2-5-9-27)25-44-37(42)40-30-10-6-3-7-11-30/h2-14,17-19,31-32,34H,15-16,20-25H2,1H3,(H,39,43)/t34-/m0/s1. The van der Waals surface area contributed by atoms with Crippen molar-refractivity contribution in [2.24, 2.45) is 4.99 Å². The number of hydrogen-bond acceptors (Lipinski definition) is 6. The summed E-state index contributed by atoms with van der Waals surface area (Å²) in [6, 6.07) is 33.5. The first kappa shape index (κ1) is 29.0. The number of aryl methyl sites for hydroxylation is 1. The fraction of sp³-hybridized carbons (Fsp3) is 0.324. The van der Waals surface area contributed by atoms with E-state index in [4.69, 9.17) is 19.5 Å². The highest BCUT2D eigenvalue weighted by molar-refractivity contribution is 5.94. The quantitative estimate of drug-likeness (QED) is 0.227. The molecule has 0 spiro atoms. The fourth-order valence-corrected chi connectivity index (χ4v) is 6.17. The molecule has 45 heavy (non-hydrogen) atoms. The summed E-state index contributed by atoms with van der Waals surface area (Å²) >= 11 is 0. The molecule has 3 aromatic carbocycles. The number of rotatable bonds is 9. The van der Waals surface area contributed by atoms with E-state index < -0.39 is 0 Å². The molecule has 1 N–H and O–H groups in total. The van der Waals surface area contributed by atoms with Crippen LogP contribution in [0.15, 0.2) is 102 Å². The van der Waals surface area contributed by atoms with E-state index in [2.05, 4.69) is 51.5 Å². The summed E-state index contributed by atoms with van der Waals surface area (Å²) in [6.45, 7) is 5.47. The average molecular weight is 602 g/mol. The third kappa shape index (κ3) is 7.02. The van der Waals surface area contributed by atoms with Crippen molar-refractivity contribution in [1.82, 2.24) is 20.1 Å². The van der Waals surface area contributed by atoms with E-state index in [0.717, 1.165) is 62.7 Å². The summed E-state index contributed by atoms with van der Waals surface area (Å²) in [5.41, 5.74) is 4.98. The van der Waals surface area contributed by atoms with Crippen molar-refractivity contribution in [2.75, 3.05) is 19.7 Å². The van der Waals surface area contributed by atoms with Gasteiger partial charge in [0.1, 0.15) is 12.4 Å². The van der Waals surface area contributed by atoms with Crippen LogP contribution in [0.25, 0.3) is 0 Å². The van der Waals surface area contributed by atoms with Crippen LogP contribution in [0.3, 0.4) is 0 Å². The Bertz CT molecular complexity index is 1630. The normalized spacial score (nSPS) is 19.8. The minimum Gasteiger partial charge on any atom is -0.462 e. The van der Waals surface area contributed by atoms with E-state index >= 15 is 0 Å². The van der Waals surface area contributed by atoms with E-state index in [1.165, 1.54) is 11.1 Å². The van der Waals surface area contributed by atoms with Gasteiger partial charge in [-0.05, 0) is 80.1 Å². The molecule has 1 amide bonds. The van der Waals surface area contributed by atoms with Crippen LogP contribution in [-0.4, -0.2) is 58.5 Å². The van der Waals surface area contributed by atoms with Gasteiger partial charge in [-0.3, -0.25) is 9.69 Å². The molecule has 0 radical (unpaired) electrons. The second kappa shape index (κ2) is 13.1. The summed E-state index contributed by atoms with van der Waals surface area (Å²) in [5.74, 6) is 1.18. The summed E-state index contributed by atoms with van der Waals surface area (Å²) in [6.07, 6.45) is 4.20. The predicted molar refractivity (Wildman–Crippen MR) is 175 cm³/mol. The van der Waals surface area contributed by atoms with Gasteiger partial charge in [0.25, 0.3) is 11.9 Å². The number of pyridine rings is 1. The SMILES string of the molecule is Cc1nc(Oc2ccc(C(=O)NC3CC3)cc2)ccc1CN1CCC(N2C(=Nc3ccccc3)OC[C@H]2c2ccccc2)CC1. The molecule has 230 valence electrons. The van der Waals surface area contributed by atoms with E-state index in [-0.39, 0.29) is 11.9 Å². The smallest absolute Gasteiger partial charge is 0.293 e. The number of aromatic nitrogens is 1. The van der Waals surface area contributed by atoms with Crippen LogP contribution in [0.1, 0.15) is 58.9 Å². The number of carbonyl (C=O) groups is 1. The Labute approximate surface area is 264 Å². The van der Waals surface area contributed by atoms with Gasteiger partial charge in [0.15, 0.2) is 0 Å². The fourth-order valence-electron chi connectivity index (χ4n) is 6.17. The number of hydrogen-bond donors (Lipinski definition) is 1. The molecule has 8 nitrogen and oxygen atoms in total. The van der Waals surface area contributed by atoms with Crippen LogP contribution < -0.4 is 10.1 Å². The van der Waals surface area contributed by atoms with E-state index in [1.54, 1.807) is 12.1 Å². The van der Waals surface area contributed by atoms with Crippen molar-refractivity contribution in [2.45, 2.75) is 57.3 Å². The van der Waals surface area contributed by atoms with Crippen molar-refractivity contribution in [3.63, 3.8) is 0 Å². The summed E-state index contributed by atoms with van der Waals surface area (Å²) in [5, 5.41) is 3.01. The van der Waals surface area contributed by atoms with Gasteiger partial charge >= 0.3 is 0 Å². The Kier molecular flexibility index (Phi) is 8.47. The second-order valence-electron chi connectivity index (χ2n) is 12.2. The molecule has 2 saturated heterocycles. The number of aliphatic imine (C=N–C) groups is 1. The predicted octanol–water partition coefficient (Wildman–Crippen LogP) is 6.80. The highest BCUT2D eigenvalue weighted by atomic mass is 16.5. The number of para-hydroxylation sites is 1. The largest absolute Gasteiger partial charge is 0.462 e. The van der Waals surface area contributed by atoms with Crippen LogP contribution in [0.2, 0.25) is 0 Å². The lowest BCUT2D eigenvalue weighted by atomic mass is 9.98. The molecule has 1 aliphatic carbocycles. The van der Waals surface area contributed by atoms with Crippen molar-refractivity contribution < 1.29 is 14.3 Å². The van der Waals surface area contributed by atoms with Crippen molar-refractivity contribution in [3.8, 4) is 11.6 Å². The van der Waals surface area contributed by atoms with Crippen molar-refractivity contribution in [3.05, 3.63) is 119 Å². The Balaban J connectivity index is 0.976. The molecule has 1 saturated carbocycles. The van der Waals surface area contributed by atoms with Crippen molar-refractivity contribution in [1.29, 1.82) is 0 Å². The third-order valence-electron chi connectivity index (χ3n) is 8.86.